The molecule has 1 N–H and O–H groups in total. The van der Waals surface area contributed by atoms with Crippen LogP contribution < -0.4 is 4.74 Å². The molecule has 3 saturated heterocycles. The maximum Gasteiger partial charge on any atom is 0.573 e. The molecular weight excluding hydrogens is 457 g/mol. The standard InChI is InChI=1S/C27H29F3N2O3/c28-27(29,30)35-21-4-1-17(2-5-21)19-3-6-22-20(15-19)7-10-26(11-12-26)24(22)32(25(33)34)23-16-31-13-8-18(23)9-14-31/h1-6,15,18,23-24H,7-14,16H2,(H,33,34)/t23-,24?/m1/s1. The molecule has 5 nitrogen and oxygen atoms in total. The Balaban J connectivity index is 1.32. The van der Waals surface area contributed by atoms with E-state index < -0.39 is 12.5 Å². The van der Waals surface area contributed by atoms with Gasteiger partial charge in [0.25, 0.3) is 0 Å². The number of rotatable bonds is 4. The monoisotopic (exact) mass is 486 g/mol. The molecule has 5 aliphatic rings. The Morgan fingerprint density at radius 1 is 1.03 bits per heavy atom. The van der Waals surface area contributed by atoms with Crippen molar-refractivity contribution in [1.29, 1.82) is 0 Å². The molecule has 2 bridgehead atoms. The van der Waals surface area contributed by atoms with Gasteiger partial charge in [0.15, 0.2) is 0 Å². The third-order valence-corrected chi connectivity index (χ3v) is 8.70. The lowest BCUT2D eigenvalue weighted by molar-refractivity contribution is -0.274. The number of amides is 1. The molecule has 0 aromatic heterocycles. The fraction of sp³-hybridized carbons (Fsp3) is 0.519. The van der Waals surface area contributed by atoms with Crippen molar-refractivity contribution in [3.63, 3.8) is 0 Å². The molecule has 1 spiro atoms. The molecule has 1 amide bonds. The van der Waals surface area contributed by atoms with E-state index in [-0.39, 0.29) is 23.2 Å². The summed E-state index contributed by atoms with van der Waals surface area (Å²) in [4.78, 5) is 16.9. The van der Waals surface area contributed by atoms with Gasteiger partial charge in [0, 0.05) is 6.54 Å². The Morgan fingerprint density at radius 3 is 2.29 bits per heavy atom. The minimum atomic E-state index is -4.72. The molecule has 1 saturated carbocycles. The van der Waals surface area contributed by atoms with E-state index in [4.69, 9.17) is 0 Å². The van der Waals surface area contributed by atoms with E-state index in [1.807, 2.05) is 11.0 Å². The largest absolute Gasteiger partial charge is 0.573 e. The van der Waals surface area contributed by atoms with Gasteiger partial charge in [-0.2, -0.15) is 0 Å². The molecule has 2 aliphatic carbocycles. The molecule has 8 heteroatoms. The maximum atomic E-state index is 12.7. The summed E-state index contributed by atoms with van der Waals surface area (Å²) in [6, 6.07) is 11.9. The number of nitrogens with zero attached hydrogens (tertiary/aromatic N) is 2. The molecule has 2 aromatic carbocycles. The average molecular weight is 487 g/mol. The van der Waals surface area contributed by atoms with E-state index in [2.05, 4.69) is 21.8 Å². The number of piperidine rings is 3. The number of hydrogen-bond donors (Lipinski definition) is 1. The van der Waals surface area contributed by atoms with Crippen LogP contribution in [0.1, 0.15) is 49.3 Å². The van der Waals surface area contributed by atoms with Crippen LogP contribution in [0.15, 0.2) is 42.5 Å². The zero-order valence-corrected chi connectivity index (χ0v) is 19.4. The van der Waals surface area contributed by atoms with Crippen molar-refractivity contribution in [2.45, 2.75) is 57.0 Å². The minimum Gasteiger partial charge on any atom is -0.465 e. The molecule has 7 rings (SSSR count). The smallest absolute Gasteiger partial charge is 0.465 e. The van der Waals surface area contributed by atoms with Crippen LogP contribution >= 0.6 is 0 Å². The summed E-state index contributed by atoms with van der Waals surface area (Å²) in [5.41, 5.74) is 4.01. The van der Waals surface area contributed by atoms with Crippen LogP contribution in [-0.2, 0) is 6.42 Å². The fourth-order valence-electron chi connectivity index (χ4n) is 6.79. The lowest BCUT2D eigenvalue weighted by Crippen LogP contribution is -2.60. The van der Waals surface area contributed by atoms with Crippen LogP contribution in [0.25, 0.3) is 11.1 Å². The highest BCUT2D eigenvalue weighted by molar-refractivity contribution is 5.69. The van der Waals surface area contributed by atoms with Crippen molar-refractivity contribution in [1.82, 2.24) is 9.80 Å². The zero-order chi connectivity index (χ0) is 24.4. The van der Waals surface area contributed by atoms with E-state index in [1.54, 1.807) is 12.1 Å². The number of ether oxygens (including phenoxy) is 1. The average Bonchev–Trinajstić information content (AvgIpc) is 3.61. The number of hydrogen-bond acceptors (Lipinski definition) is 3. The van der Waals surface area contributed by atoms with Crippen LogP contribution in [0.3, 0.4) is 0 Å². The van der Waals surface area contributed by atoms with Crippen molar-refractivity contribution in [3.05, 3.63) is 53.6 Å². The van der Waals surface area contributed by atoms with Gasteiger partial charge < -0.3 is 14.7 Å². The highest BCUT2D eigenvalue weighted by Crippen LogP contribution is 2.63. The number of alkyl halides is 3. The van der Waals surface area contributed by atoms with Gasteiger partial charge in [-0.05, 0) is 97.3 Å². The SMILES string of the molecule is O=C(O)N(C1c2ccc(-c3ccc(OC(F)(F)F)cc3)cc2CCC12CC2)[C@@H]1CN2CCC1CC2. The first-order valence-corrected chi connectivity index (χ1v) is 12.5. The fourth-order valence-corrected chi connectivity index (χ4v) is 6.79. The first kappa shape index (κ1) is 22.7. The normalized spacial score (nSPS) is 28.4. The van der Waals surface area contributed by atoms with Crippen LogP contribution in [-0.4, -0.2) is 53.0 Å². The highest BCUT2D eigenvalue weighted by Gasteiger charge is 2.57. The molecule has 3 aliphatic heterocycles. The van der Waals surface area contributed by atoms with Gasteiger partial charge in [-0.1, -0.05) is 30.3 Å². The lowest BCUT2D eigenvalue weighted by atomic mass is 9.73. The van der Waals surface area contributed by atoms with Gasteiger partial charge in [-0.25, -0.2) is 4.79 Å². The van der Waals surface area contributed by atoms with E-state index in [0.29, 0.717) is 5.92 Å². The van der Waals surface area contributed by atoms with Crippen molar-refractivity contribution >= 4 is 6.09 Å². The lowest BCUT2D eigenvalue weighted by Gasteiger charge is -2.52. The summed E-state index contributed by atoms with van der Waals surface area (Å²) in [5, 5.41) is 10.4. The minimum absolute atomic E-state index is 0.0317. The Kier molecular flexibility index (Phi) is 5.29. The highest BCUT2D eigenvalue weighted by atomic mass is 19.4. The van der Waals surface area contributed by atoms with E-state index in [1.165, 1.54) is 12.1 Å². The molecular formula is C27H29F3N2O3. The molecule has 2 atom stereocenters. The van der Waals surface area contributed by atoms with E-state index in [0.717, 1.165) is 80.4 Å². The number of carbonyl (C=O) groups is 1. The molecule has 0 radical (unpaired) electrons. The zero-order valence-electron chi connectivity index (χ0n) is 19.4. The molecule has 1 unspecified atom stereocenters. The van der Waals surface area contributed by atoms with Crippen molar-refractivity contribution in [3.8, 4) is 16.9 Å². The summed E-state index contributed by atoms with van der Waals surface area (Å²) < 4.78 is 41.5. The second kappa shape index (κ2) is 8.15. The number of aryl methyl sites for hydroxylation is 1. The first-order chi connectivity index (χ1) is 16.7. The molecule has 35 heavy (non-hydrogen) atoms. The summed E-state index contributed by atoms with van der Waals surface area (Å²) >= 11 is 0. The van der Waals surface area contributed by atoms with Crippen LogP contribution in [0, 0.1) is 11.3 Å². The van der Waals surface area contributed by atoms with Crippen LogP contribution in [0.4, 0.5) is 18.0 Å². The van der Waals surface area contributed by atoms with Gasteiger partial charge in [-0.3, -0.25) is 4.90 Å². The third-order valence-electron chi connectivity index (χ3n) is 8.70. The number of carboxylic acid groups (broad SMARTS) is 1. The van der Waals surface area contributed by atoms with E-state index >= 15 is 0 Å². The number of fused-ring (bicyclic) bond motifs is 4. The Labute approximate surface area is 202 Å². The second-order valence-corrected chi connectivity index (χ2v) is 10.6. The Morgan fingerprint density at radius 2 is 1.71 bits per heavy atom. The molecule has 3 heterocycles. The van der Waals surface area contributed by atoms with Gasteiger partial charge in [0.1, 0.15) is 5.75 Å². The predicted octanol–water partition coefficient (Wildman–Crippen LogP) is 6.09. The number of halogens is 3. The quantitative estimate of drug-likeness (QED) is 0.568. The van der Waals surface area contributed by atoms with Gasteiger partial charge in [0.2, 0.25) is 0 Å². The van der Waals surface area contributed by atoms with Crippen LogP contribution in [0.2, 0.25) is 0 Å². The van der Waals surface area contributed by atoms with Crippen molar-refractivity contribution < 1.29 is 27.8 Å². The number of benzene rings is 2. The summed E-state index contributed by atoms with van der Waals surface area (Å²) in [6.45, 7) is 2.96. The van der Waals surface area contributed by atoms with Gasteiger partial charge in [-0.15, -0.1) is 13.2 Å². The van der Waals surface area contributed by atoms with Gasteiger partial charge in [0.05, 0.1) is 12.1 Å². The maximum absolute atomic E-state index is 12.7. The molecule has 186 valence electrons. The topological polar surface area (TPSA) is 53.0 Å². The molecule has 2 aromatic rings. The second-order valence-electron chi connectivity index (χ2n) is 10.6. The third kappa shape index (κ3) is 4.15. The molecule has 4 fully saturated rings. The summed E-state index contributed by atoms with van der Waals surface area (Å²) in [5.74, 6) is 0.179. The van der Waals surface area contributed by atoms with E-state index in [9.17, 15) is 23.1 Å². The van der Waals surface area contributed by atoms with Crippen LogP contribution in [0.5, 0.6) is 5.75 Å². The summed E-state index contributed by atoms with van der Waals surface area (Å²) in [7, 11) is 0. The van der Waals surface area contributed by atoms with Gasteiger partial charge >= 0.3 is 12.5 Å². The summed E-state index contributed by atoms with van der Waals surface area (Å²) in [6.07, 6.45) is 0.570. The first-order valence-electron chi connectivity index (χ1n) is 12.5. The Hall–Kier alpha value is -2.74. The van der Waals surface area contributed by atoms with Crippen molar-refractivity contribution in [2.24, 2.45) is 11.3 Å². The predicted molar refractivity (Wildman–Crippen MR) is 124 cm³/mol. The Bertz CT molecular complexity index is 1120. The van der Waals surface area contributed by atoms with Crippen molar-refractivity contribution in [2.75, 3.05) is 19.6 Å².